The molecular weight excluding hydrogens is 452 g/mol. The number of aryl methyl sites for hydroxylation is 1. The van der Waals surface area contributed by atoms with Gasteiger partial charge in [-0.3, -0.25) is 4.79 Å². The molecule has 0 radical (unpaired) electrons. The molecule has 35 heavy (non-hydrogen) atoms. The van der Waals surface area contributed by atoms with Crippen molar-refractivity contribution in [2.45, 2.75) is 44.8 Å². The monoisotopic (exact) mass is 482 g/mol. The van der Waals surface area contributed by atoms with E-state index in [4.69, 9.17) is 28.4 Å². The van der Waals surface area contributed by atoms with Gasteiger partial charge in [0.25, 0.3) is 0 Å². The normalized spacial score (nSPS) is 21.2. The third-order valence-electron chi connectivity index (χ3n) is 6.41. The Bertz CT molecular complexity index is 1080. The van der Waals surface area contributed by atoms with E-state index in [1.165, 1.54) is 33.2 Å². The van der Waals surface area contributed by atoms with E-state index in [1.807, 2.05) is 24.3 Å². The second-order valence-corrected chi connectivity index (χ2v) is 8.48. The van der Waals surface area contributed by atoms with Crippen molar-refractivity contribution in [3.8, 4) is 23.0 Å². The summed E-state index contributed by atoms with van der Waals surface area (Å²) in [5.41, 5.74) is 1.48. The van der Waals surface area contributed by atoms with Crippen LogP contribution in [0.2, 0.25) is 0 Å². The molecule has 1 fully saturated rings. The zero-order valence-corrected chi connectivity index (χ0v) is 20.4. The van der Waals surface area contributed by atoms with Gasteiger partial charge in [0, 0.05) is 6.42 Å². The topological polar surface area (TPSA) is 89.5 Å². The summed E-state index contributed by atoms with van der Waals surface area (Å²) in [6.07, 6.45) is 3.05. The maximum atomic E-state index is 13.0. The first-order chi connectivity index (χ1) is 17.0. The largest absolute Gasteiger partial charge is 0.493 e. The van der Waals surface area contributed by atoms with Gasteiger partial charge in [-0.2, -0.15) is 0 Å². The van der Waals surface area contributed by atoms with Gasteiger partial charge in [-0.1, -0.05) is 19.1 Å². The number of esters is 1. The molecule has 0 aromatic heterocycles. The van der Waals surface area contributed by atoms with Gasteiger partial charge in [-0.25, -0.2) is 4.79 Å². The Balaban J connectivity index is 1.40. The summed E-state index contributed by atoms with van der Waals surface area (Å²) in [6, 6.07) is 10.7. The third kappa shape index (κ3) is 5.21. The van der Waals surface area contributed by atoms with E-state index in [2.05, 4.69) is 6.92 Å². The van der Waals surface area contributed by atoms with Crippen molar-refractivity contribution in [2.24, 2.45) is 5.92 Å². The Morgan fingerprint density at radius 1 is 1.00 bits per heavy atom. The molecule has 4 rings (SSSR count). The van der Waals surface area contributed by atoms with Crippen molar-refractivity contribution in [1.29, 1.82) is 0 Å². The second-order valence-electron chi connectivity index (χ2n) is 8.48. The highest BCUT2D eigenvalue weighted by Gasteiger charge is 2.42. The van der Waals surface area contributed by atoms with Crippen LogP contribution < -0.4 is 18.9 Å². The van der Waals surface area contributed by atoms with Gasteiger partial charge in [-0.15, -0.1) is 0 Å². The average molecular weight is 483 g/mol. The molecule has 3 atom stereocenters. The van der Waals surface area contributed by atoms with E-state index in [9.17, 15) is 9.59 Å². The molecule has 0 N–H and O–H groups in total. The Labute approximate surface area is 204 Å². The van der Waals surface area contributed by atoms with Gasteiger partial charge in [0.1, 0.15) is 24.2 Å². The number of ether oxygens (including phenoxy) is 6. The fourth-order valence-corrected chi connectivity index (χ4v) is 4.45. The van der Waals surface area contributed by atoms with Crippen LogP contribution in [0, 0.1) is 5.92 Å². The highest BCUT2D eigenvalue weighted by atomic mass is 16.6. The van der Waals surface area contributed by atoms with Crippen LogP contribution in [0.25, 0.3) is 0 Å². The standard InChI is InChI=1S/C27H30O8/c1-5-16-6-8-18(9-7-16)34-24-15-33-21-14-19(10-11-20(21)25(24)28)35-27(29)17-12-22(30-2)26(32-4)23(13-17)31-3/h6-9,12-13,15,19-21H,5,10-11,14H2,1-4H3. The summed E-state index contributed by atoms with van der Waals surface area (Å²) in [7, 11) is 4.46. The predicted molar refractivity (Wildman–Crippen MR) is 127 cm³/mol. The van der Waals surface area contributed by atoms with Gasteiger partial charge in [0.2, 0.25) is 17.3 Å². The van der Waals surface area contributed by atoms with Crippen LogP contribution in [0.4, 0.5) is 0 Å². The molecule has 186 valence electrons. The number of carbonyl (C=O) groups is 2. The molecule has 1 heterocycles. The molecule has 8 nitrogen and oxygen atoms in total. The van der Waals surface area contributed by atoms with Crippen LogP contribution in [0.15, 0.2) is 48.4 Å². The average Bonchev–Trinajstić information content (AvgIpc) is 2.89. The second kappa shape index (κ2) is 10.7. The van der Waals surface area contributed by atoms with E-state index < -0.39 is 5.97 Å². The molecule has 1 saturated carbocycles. The van der Waals surface area contributed by atoms with Crippen molar-refractivity contribution in [2.75, 3.05) is 21.3 Å². The number of benzene rings is 2. The number of rotatable bonds is 8. The van der Waals surface area contributed by atoms with Gasteiger partial charge in [-0.05, 0) is 49.1 Å². The Kier molecular flexibility index (Phi) is 7.48. The molecule has 8 heteroatoms. The number of fused-ring (bicyclic) bond motifs is 1. The number of carbonyl (C=O) groups excluding carboxylic acids is 2. The van der Waals surface area contributed by atoms with Crippen LogP contribution >= 0.6 is 0 Å². The summed E-state index contributed by atoms with van der Waals surface area (Å²) in [5.74, 6) is 0.991. The minimum atomic E-state index is -0.509. The smallest absolute Gasteiger partial charge is 0.338 e. The molecule has 1 aliphatic carbocycles. The molecule has 2 aromatic carbocycles. The SMILES string of the molecule is CCc1ccc(OC2=COC3CC(OC(=O)c4cc(OC)c(OC)c(OC)c4)CCC3C2=O)cc1. The molecule has 2 aliphatic rings. The molecule has 0 spiro atoms. The zero-order valence-electron chi connectivity index (χ0n) is 20.4. The lowest BCUT2D eigenvalue weighted by Gasteiger charge is -2.36. The Morgan fingerprint density at radius 3 is 2.29 bits per heavy atom. The van der Waals surface area contributed by atoms with Crippen LogP contribution in [-0.2, 0) is 20.7 Å². The highest BCUT2D eigenvalue weighted by molar-refractivity contribution is 5.96. The lowest BCUT2D eigenvalue weighted by molar-refractivity contribution is -0.132. The van der Waals surface area contributed by atoms with Gasteiger partial charge in [0.15, 0.2) is 11.5 Å². The number of ketones is 1. The number of hydrogen-bond donors (Lipinski definition) is 0. The van der Waals surface area contributed by atoms with E-state index in [0.29, 0.717) is 42.3 Å². The van der Waals surface area contributed by atoms with Gasteiger partial charge >= 0.3 is 5.97 Å². The maximum absolute atomic E-state index is 13.0. The number of allylic oxidation sites excluding steroid dienone is 1. The maximum Gasteiger partial charge on any atom is 0.338 e. The zero-order chi connectivity index (χ0) is 24.9. The highest BCUT2D eigenvalue weighted by Crippen LogP contribution is 2.39. The molecule has 2 aromatic rings. The van der Waals surface area contributed by atoms with E-state index in [-0.39, 0.29) is 35.2 Å². The molecular formula is C27H30O8. The van der Waals surface area contributed by atoms with Crippen molar-refractivity contribution < 1.29 is 38.0 Å². The predicted octanol–water partition coefficient (Wildman–Crippen LogP) is 4.49. The number of Topliss-reactive ketones (excluding diaryl/α,β-unsaturated/α-hetero) is 1. The van der Waals surface area contributed by atoms with Crippen LogP contribution in [0.3, 0.4) is 0 Å². The summed E-state index contributed by atoms with van der Waals surface area (Å²) in [5, 5.41) is 0. The summed E-state index contributed by atoms with van der Waals surface area (Å²) in [6.45, 7) is 2.08. The minimum Gasteiger partial charge on any atom is -0.493 e. The minimum absolute atomic E-state index is 0.0878. The first-order valence-corrected chi connectivity index (χ1v) is 11.6. The fourth-order valence-electron chi connectivity index (χ4n) is 4.45. The molecule has 1 aliphatic heterocycles. The van der Waals surface area contributed by atoms with Crippen molar-refractivity contribution >= 4 is 11.8 Å². The first-order valence-electron chi connectivity index (χ1n) is 11.6. The quantitative estimate of drug-likeness (QED) is 0.509. The van der Waals surface area contributed by atoms with Crippen LogP contribution in [-0.4, -0.2) is 45.3 Å². The Morgan fingerprint density at radius 2 is 1.69 bits per heavy atom. The summed E-state index contributed by atoms with van der Waals surface area (Å²) < 4.78 is 33.3. The number of hydrogen-bond acceptors (Lipinski definition) is 8. The van der Waals surface area contributed by atoms with Crippen molar-refractivity contribution in [3.63, 3.8) is 0 Å². The lowest BCUT2D eigenvalue weighted by Crippen LogP contribution is -2.43. The van der Waals surface area contributed by atoms with Crippen LogP contribution in [0.1, 0.15) is 42.1 Å². The summed E-state index contributed by atoms with van der Waals surface area (Å²) >= 11 is 0. The van der Waals surface area contributed by atoms with Crippen molar-refractivity contribution in [3.05, 3.63) is 59.5 Å². The fraction of sp³-hybridized carbons (Fsp3) is 0.407. The summed E-state index contributed by atoms with van der Waals surface area (Å²) in [4.78, 5) is 25.9. The molecule has 0 saturated heterocycles. The Hall–Kier alpha value is -3.68. The van der Waals surface area contributed by atoms with E-state index >= 15 is 0 Å². The van der Waals surface area contributed by atoms with Gasteiger partial charge < -0.3 is 28.4 Å². The van der Waals surface area contributed by atoms with Crippen molar-refractivity contribution in [1.82, 2.24) is 0 Å². The number of methoxy groups -OCH3 is 3. The molecule has 0 amide bonds. The third-order valence-corrected chi connectivity index (χ3v) is 6.41. The first kappa shape index (κ1) is 24.4. The van der Waals surface area contributed by atoms with Crippen LogP contribution in [0.5, 0.6) is 23.0 Å². The van der Waals surface area contributed by atoms with E-state index in [1.54, 1.807) is 12.1 Å². The molecule has 0 bridgehead atoms. The van der Waals surface area contributed by atoms with E-state index in [0.717, 1.165) is 6.42 Å². The van der Waals surface area contributed by atoms with Gasteiger partial charge in [0.05, 0.1) is 32.8 Å². The lowest BCUT2D eigenvalue weighted by atomic mass is 9.80. The molecule has 3 unspecified atom stereocenters.